The highest BCUT2D eigenvalue weighted by Crippen LogP contribution is 2.18. The highest BCUT2D eigenvalue weighted by Gasteiger charge is 2.20. The zero-order chi connectivity index (χ0) is 8.55. The first-order chi connectivity index (χ1) is 5.77. The van der Waals surface area contributed by atoms with Gasteiger partial charge in [-0.25, -0.2) is 0 Å². The second kappa shape index (κ2) is 2.49. The molecular weight excluding hydrogens is 156 g/mol. The number of carbonyl (C=O) groups excluding carboxylic acids is 1. The fourth-order valence-corrected chi connectivity index (χ4v) is 1.19. The number of hydrogen-bond donors (Lipinski definition) is 3. The summed E-state index contributed by atoms with van der Waals surface area (Å²) in [6.45, 7) is 0. The van der Waals surface area contributed by atoms with Crippen molar-refractivity contribution in [3.8, 4) is 0 Å². The van der Waals surface area contributed by atoms with Crippen LogP contribution in [-0.2, 0) is 0 Å². The molecule has 1 heterocycles. The van der Waals surface area contributed by atoms with Gasteiger partial charge in [0.2, 0.25) is 6.35 Å². The number of rotatable bonds is 0. The maximum Gasteiger partial charge on any atom is 0.256 e. The van der Waals surface area contributed by atoms with Crippen molar-refractivity contribution in [3.63, 3.8) is 0 Å². The van der Waals surface area contributed by atoms with E-state index in [1.807, 2.05) is 0 Å². The molecule has 0 spiro atoms. The normalized spacial score (nSPS) is 20.8. The van der Waals surface area contributed by atoms with Crippen molar-refractivity contribution in [1.29, 1.82) is 0 Å². The number of hydrogen-bond acceptors (Lipinski definition) is 3. The first-order valence-electron chi connectivity index (χ1n) is 3.62. The molecule has 1 aromatic rings. The van der Waals surface area contributed by atoms with Gasteiger partial charge in [0, 0.05) is 0 Å². The Morgan fingerprint density at radius 2 is 2.00 bits per heavy atom. The first kappa shape index (κ1) is 7.12. The van der Waals surface area contributed by atoms with Crippen molar-refractivity contribution >= 4 is 11.6 Å². The standard InChI is InChI=1S/C8H8N2O2/c11-7-5-3-1-2-4-6(5)9-8(12)10-7/h1-4,8-9,12H,(H,10,11). The zero-order valence-electron chi connectivity index (χ0n) is 6.24. The Labute approximate surface area is 69.2 Å². The van der Waals surface area contributed by atoms with E-state index in [-0.39, 0.29) is 5.91 Å². The van der Waals surface area contributed by atoms with Gasteiger partial charge in [0.25, 0.3) is 5.91 Å². The van der Waals surface area contributed by atoms with Gasteiger partial charge in [-0.1, -0.05) is 12.1 Å². The Balaban J connectivity index is 2.47. The number of amides is 1. The average Bonchev–Trinajstić information content (AvgIpc) is 2.04. The van der Waals surface area contributed by atoms with E-state index < -0.39 is 6.35 Å². The van der Waals surface area contributed by atoms with Gasteiger partial charge in [-0.15, -0.1) is 0 Å². The van der Waals surface area contributed by atoms with Gasteiger partial charge in [0.15, 0.2) is 0 Å². The van der Waals surface area contributed by atoms with Crippen molar-refractivity contribution in [3.05, 3.63) is 29.8 Å². The summed E-state index contributed by atoms with van der Waals surface area (Å²) in [5.74, 6) is -0.253. The molecule has 1 aliphatic heterocycles. The van der Waals surface area contributed by atoms with Crippen molar-refractivity contribution < 1.29 is 9.90 Å². The van der Waals surface area contributed by atoms with E-state index in [1.54, 1.807) is 24.3 Å². The van der Waals surface area contributed by atoms with Crippen LogP contribution in [0.5, 0.6) is 0 Å². The smallest absolute Gasteiger partial charge is 0.256 e. The van der Waals surface area contributed by atoms with Crippen LogP contribution < -0.4 is 10.6 Å². The van der Waals surface area contributed by atoms with Crippen LogP contribution in [-0.4, -0.2) is 17.4 Å². The van der Waals surface area contributed by atoms with E-state index in [1.165, 1.54) is 0 Å². The second-order valence-corrected chi connectivity index (χ2v) is 2.57. The van der Waals surface area contributed by atoms with E-state index >= 15 is 0 Å². The maximum absolute atomic E-state index is 11.2. The van der Waals surface area contributed by atoms with Gasteiger partial charge in [0.05, 0.1) is 11.3 Å². The average molecular weight is 164 g/mol. The number of carbonyl (C=O) groups is 1. The number of para-hydroxylation sites is 1. The lowest BCUT2D eigenvalue weighted by atomic mass is 10.1. The largest absolute Gasteiger partial charge is 0.356 e. The summed E-state index contributed by atoms with van der Waals surface area (Å²) in [6, 6.07) is 7.02. The van der Waals surface area contributed by atoms with Gasteiger partial charge >= 0.3 is 0 Å². The Hall–Kier alpha value is -1.55. The molecule has 1 aliphatic rings. The molecule has 12 heavy (non-hydrogen) atoms. The minimum atomic E-state index is -0.979. The minimum absolute atomic E-state index is 0.253. The van der Waals surface area contributed by atoms with Crippen molar-refractivity contribution in [2.75, 3.05) is 5.32 Å². The Morgan fingerprint density at radius 1 is 1.25 bits per heavy atom. The quantitative estimate of drug-likeness (QED) is 0.510. The number of aliphatic hydroxyl groups excluding tert-OH is 1. The maximum atomic E-state index is 11.2. The lowest BCUT2D eigenvalue weighted by Crippen LogP contribution is -2.44. The van der Waals surface area contributed by atoms with Gasteiger partial charge in [0.1, 0.15) is 0 Å². The first-order valence-corrected chi connectivity index (χ1v) is 3.62. The fourth-order valence-electron chi connectivity index (χ4n) is 1.19. The molecular formula is C8H8N2O2. The van der Waals surface area contributed by atoms with Crippen LogP contribution in [0.3, 0.4) is 0 Å². The predicted octanol–water partition coefficient (Wildman–Crippen LogP) is 0.118. The molecule has 4 nitrogen and oxygen atoms in total. The summed E-state index contributed by atoms with van der Waals surface area (Å²) in [4.78, 5) is 11.2. The highest BCUT2D eigenvalue weighted by molar-refractivity contribution is 6.01. The lowest BCUT2D eigenvalue weighted by Gasteiger charge is -2.23. The Bertz CT molecular complexity index is 325. The molecule has 2 rings (SSSR count). The van der Waals surface area contributed by atoms with Crippen LogP contribution in [0.25, 0.3) is 0 Å². The summed E-state index contributed by atoms with van der Waals surface area (Å²) in [6.07, 6.45) is -0.979. The van der Waals surface area contributed by atoms with Crippen molar-refractivity contribution in [2.24, 2.45) is 0 Å². The van der Waals surface area contributed by atoms with Crippen LogP contribution in [0.1, 0.15) is 10.4 Å². The molecule has 3 N–H and O–H groups in total. The molecule has 0 saturated heterocycles. The van der Waals surface area contributed by atoms with E-state index in [9.17, 15) is 4.79 Å². The molecule has 4 heteroatoms. The van der Waals surface area contributed by atoms with E-state index in [4.69, 9.17) is 5.11 Å². The van der Waals surface area contributed by atoms with Crippen molar-refractivity contribution in [1.82, 2.24) is 5.32 Å². The number of aliphatic hydroxyl groups is 1. The SMILES string of the molecule is O=C1NC(O)Nc2ccccc21. The van der Waals surface area contributed by atoms with E-state index in [0.29, 0.717) is 11.3 Å². The number of anilines is 1. The monoisotopic (exact) mass is 164 g/mol. The van der Waals surface area contributed by atoms with Crippen LogP contribution in [0.15, 0.2) is 24.3 Å². The third kappa shape index (κ3) is 1.02. The van der Waals surface area contributed by atoms with Crippen molar-refractivity contribution in [2.45, 2.75) is 6.35 Å². The molecule has 0 aliphatic carbocycles. The predicted molar refractivity (Wildman–Crippen MR) is 43.5 cm³/mol. The third-order valence-electron chi connectivity index (χ3n) is 1.73. The summed E-state index contributed by atoms with van der Waals surface area (Å²) in [5.41, 5.74) is 1.22. The topological polar surface area (TPSA) is 61.4 Å². The molecule has 0 fully saturated rings. The molecule has 1 aromatic carbocycles. The van der Waals surface area contributed by atoms with Crippen LogP contribution in [0, 0.1) is 0 Å². The molecule has 1 amide bonds. The molecule has 1 unspecified atom stereocenters. The van der Waals surface area contributed by atoms with Gasteiger partial charge in [-0.05, 0) is 12.1 Å². The van der Waals surface area contributed by atoms with Crippen LogP contribution in [0.2, 0.25) is 0 Å². The van der Waals surface area contributed by atoms with E-state index in [0.717, 1.165) is 0 Å². The van der Waals surface area contributed by atoms with Crippen LogP contribution >= 0.6 is 0 Å². The summed E-state index contributed by atoms with van der Waals surface area (Å²) in [7, 11) is 0. The lowest BCUT2D eigenvalue weighted by molar-refractivity contribution is 0.0813. The van der Waals surface area contributed by atoms with Crippen LogP contribution in [0.4, 0.5) is 5.69 Å². The molecule has 0 radical (unpaired) electrons. The molecule has 1 atom stereocenters. The fraction of sp³-hybridized carbons (Fsp3) is 0.125. The molecule has 0 saturated carbocycles. The summed E-state index contributed by atoms with van der Waals surface area (Å²) >= 11 is 0. The summed E-state index contributed by atoms with van der Waals surface area (Å²) < 4.78 is 0. The second-order valence-electron chi connectivity index (χ2n) is 2.57. The Kier molecular flexibility index (Phi) is 1.48. The number of nitrogens with one attached hydrogen (secondary N) is 2. The third-order valence-corrected chi connectivity index (χ3v) is 1.73. The van der Waals surface area contributed by atoms with Gasteiger partial charge in [-0.3, -0.25) is 4.79 Å². The highest BCUT2D eigenvalue weighted by atomic mass is 16.3. The minimum Gasteiger partial charge on any atom is -0.356 e. The Morgan fingerprint density at radius 3 is 2.83 bits per heavy atom. The van der Waals surface area contributed by atoms with Gasteiger partial charge in [-0.2, -0.15) is 0 Å². The molecule has 0 aromatic heterocycles. The zero-order valence-corrected chi connectivity index (χ0v) is 6.24. The molecule has 62 valence electrons. The molecule has 0 bridgehead atoms. The number of fused-ring (bicyclic) bond motifs is 1. The number of benzene rings is 1. The summed E-state index contributed by atoms with van der Waals surface area (Å²) in [5, 5.41) is 14.1. The van der Waals surface area contributed by atoms with Gasteiger partial charge < -0.3 is 15.7 Å². The van der Waals surface area contributed by atoms with E-state index in [2.05, 4.69) is 10.6 Å².